The number of thioether (sulfide) groups is 1. The van der Waals surface area contributed by atoms with Gasteiger partial charge < -0.3 is 14.7 Å². The number of hydrogen-bond donors (Lipinski definition) is 1. The molecule has 2 aromatic carbocycles. The Morgan fingerprint density at radius 1 is 1.24 bits per heavy atom. The van der Waals surface area contributed by atoms with Crippen molar-refractivity contribution in [3.8, 4) is 5.75 Å². The molecule has 3 aromatic rings. The maximum atomic E-state index is 15.5. The van der Waals surface area contributed by atoms with Crippen molar-refractivity contribution in [2.75, 3.05) is 32.5 Å². The van der Waals surface area contributed by atoms with Crippen LogP contribution < -0.4 is 4.74 Å². The van der Waals surface area contributed by atoms with Gasteiger partial charge in [0.15, 0.2) is 0 Å². The summed E-state index contributed by atoms with van der Waals surface area (Å²) in [4.78, 5) is 19.5. The number of fused-ring (bicyclic) bond motifs is 1. The quantitative estimate of drug-likeness (QED) is 0.191. The molecule has 0 saturated carbocycles. The number of pyridine rings is 1. The average molecular weight is 545 g/mol. The van der Waals surface area contributed by atoms with Crippen molar-refractivity contribution < 1.29 is 19.0 Å². The van der Waals surface area contributed by atoms with Crippen LogP contribution in [0.3, 0.4) is 0 Å². The normalized spacial score (nSPS) is 19.1. The number of hydrogen-bond acceptors (Lipinski definition) is 5. The summed E-state index contributed by atoms with van der Waals surface area (Å²) in [7, 11) is 1.59. The Morgan fingerprint density at radius 2 is 2.05 bits per heavy atom. The van der Waals surface area contributed by atoms with E-state index in [2.05, 4.69) is 9.88 Å². The van der Waals surface area contributed by atoms with Crippen molar-refractivity contribution in [2.45, 2.75) is 43.2 Å². The van der Waals surface area contributed by atoms with Crippen LogP contribution in [0.25, 0.3) is 10.9 Å². The molecule has 8 heteroatoms. The Balaban J connectivity index is 1.30. The second-order valence-electron chi connectivity index (χ2n) is 9.69. The van der Waals surface area contributed by atoms with Gasteiger partial charge in [-0.25, -0.2) is 4.39 Å². The summed E-state index contributed by atoms with van der Waals surface area (Å²) >= 11 is 7.76. The van der Waals surface area contributed by atoms with Crippen molar-refractivity contribution in [3.63, 3.8) is 0 Å². The minimum atomic E-state index is -1.13. The number of rotatable bonds is 12. The number of carbonyl (C=O) groups is 1. The molecule has 1 N–H and O–H groups in total. The molecule has 1 unspecified atom stereocenters. The number of nitrogens with zero attached hydrogens (tertiary/aromatic N) is 2. The van der Waals surface area contributed by atoms with E-state index in [1.807, 2.05) is 54.2 Å². The van der Waals surface area contributed by atoms with E-state index < -0.39 is 12.1 Å². The number of ether oxygens (including phenoxy) is 1. The largest absolute Gasteiger partial charge is 0.497 e. The van der Waals surface area contributed by atoms with Crippen LogP contribution in [0.2, 0.25) is 5.02 Å². The van der Waals surface area contributed by atoms with E-state index >= 15 is 4.39 Å². The lowest BCUT2D eigenvalue weighted by Gasteiger charge is -2.38. The maximum Gasteiger partial charge on any atom is 0.303 e. The number of methoxy groups -OCH3 is 1. The first kappa shape index (κ1) is 27.7. The first-order valence-corrected chi connectivity index (χ1v) is 14.2. The molecule has 1 aliphatic heterocycles. The van der Waals surface area contributed by atoms with E-state index in [0.29, 0.717) is 24.2 Å². The number of halogens is 2. The van der Waals surface area contributed by atoms with Gasteiger partial charge in [-0.3, -0.25) is 9.78 Å². The topological polar surface area (TPSA) is 62.7 Å². The van der Waals surface area contributed by atoms with Crippen LogP contribution in [-0.2, 0) is 4.79 Å². The highest BCUT2D eigenvalue weighted by atomic mass is 35.5. The van der Waals surface area contributed by atoms with Crippen LogP contribution >= 0.6 is 23.4 Å². The monoisotopic (exact) mass is 544 g/mol. The number of likely N-dealkylation sites (tertiary alicyclic amines) is 1. The van der Waals surface area contributed by atoms with E-state index in [1.54, 1.807) is 19.4 Å². The smallest absolute Gasteiger partial charge is 0.303 e. The van der Waals surface area contributed by atoms with Crippen molar-refractivity contribution in [1.29, 1.82) is 0 Å². The lowest BCUT2D eigenvalue weighted by molar-refractivity contribution is -0.139. The van der Waals surface area contributed by atoms with E-state index in [9.17, 15) is 9.90 Å². The molecular formula is C29H34ClFN2O3S. The fourth-order valence-corrected chi connectivity index (χ4v) is 6.23. The SMILES string of the molecule is COc1ccc2nccc(C(F)CC[C@@H]3CCN(CCCSc4ccc(Cl)cc4)C[C@@H]3CC(=O)O)c2c1. The third-order valence-electron chi connectivity index (χ3n) is 7.22. The second-order valence-corrected chi connectivity index (χ2v) is 11.3. The summed E-state index contributed by atoms with van der Waals surface area (Å²) in [6.45, 7) is 2.63. The molecule has 1 fully saturated rings. The average Bonchev–Trinajstić information content (AvgIpc) is 2.90. The van der Waals surface area contributed by atoms with Crippen molar-refractivity contribution in [1.82, 2.24) is 9.88 Å². The molecule has 1 aliphatic rings. The highest BCUT2D eigenvalue weighted by Crippen LogP contribution is 2.36. The fraction of sp³-hybridized carbons (Fsp3) is 0.448. The standard InChI is InChI=1S/C29H34ClFN2O3S/c1-36-23-6-10-28-26(18-23)25(11-13-32-28)27(31)9-3-20-12-15-33(19-21(20)17-29(34)35)14-2-16-37-24-7-4-22(30)5-8-24/h4-8,10-11,13,18,20-21,27H,2-3,9,12,14-17,19H2,1H3,(H,34,35)/t20-,21+,27?/m1/s1. The first-order chi connectivity index (χ1) is 17.9. The van der Waals surface area contributed by atoms with Crippen LogP contribution in [0, 0.1) is 11.8 Å². The zero-order valence-electron chi connectivity index (χ0n) is 21.1. The van der Waals surface area contributed by atoms with Crippen LogP contribution in [0.15, 0.2) is 59.6 Å². The molecule has 3 atom stereocenters. The Kier molecular flexibility index (Phi) is 10.1. The highest BCUT2D eigenvalue weighted by Gasteiger charge is 2.31. The molecule has 2 heterocycles. The van der Waals surface area contributed by atoms with Gasteiger partial charge in [0, 0.05) is 34.5 Å². The number of carboxylic acids is 1. The number of piperidine rings is 1. The maximum absolute atomic E-state index is 15.5. The number of benzene rings is 2. The van der Waals surface area contributed by atoms with Gasteiger partial charge in [-0.1, -0.05) is 11.6 Å². The van der Waals surface area contributed by atoms with Crippen molar-refractivity contribution >= 4 is 40.2 Å². The number of carboxylic acid groups (broad SMARTS) is 1. The molecule has 5 nitrogen and oxygen atoms in total. The second kappa shape index (κ2) is 13.4. The van der Waals surface area contributed by atoms with Gasteiger partial charge in [-0.15, -0.1) is 11.8 Å². The molecule has 1 aromatic heterocycles. The summed E-state index contributed by atoms with van der Waals surface area (Å²) in [6, 6.07) is 15.1. The Labute approximate surface area is 227 Å². The van der Waals surface area contributed by atoms with E-state index in [-0.39, 0.29) is 18.3 Å². The van der Waals surface area contributed by atoms with E-state index in [1.165, 1.54) is 4.90 Å². The molecule has 0 aliphatic carbocycles. The van der Waals surface area contributed by atoms with Crippen LogP contribution in [0.5, 0.6) is 5.75 Å². The van der Waals surface area contributed by atoms with Gasteiger partial charge in [0.2, 0.25) is 0 Å². The lowest BCUT2D eigenvalue weighted by Crippen LogP contribution is -2.42. The Morgan fingerprint density at radius 3 is 2.81 bits per heavy atom. The molecule has 0 radical (unpaired) electrons. The zero-order chi connectivity index (χ0) is 26.2. The van der Waals surface area contributed by atoms with E-state index in [0.717, 1.165) is 54.2 Å². The molecule has 0 amide bonds. The first-order valence-electron chi connectivity index (χ1n) is 12.8. The summed E-state index contributed by atoms with van der Waals surface area (Å²) in [5, 5.41) is 11.0. The highest BCUT2D eigenvalue weighted by molar-refractivity contribution is 7.99. The fourth-order valence-electron chi connectivity index (χ4n) is 5.27. The van der Waals surface area contributed by atoms with Crippen molar-refractivity contribution in [2.24, 2.45) is 11.8 Å². The molecular weight excluding hydrogens is 511 g/mol. The van der Waals surface area contributed by atoms with Gasteiger partial charge in [0.25, 0.3) is 0 Å². The molecule has 0 spiro atoms. The minimum Gasteiger partial charge on any atom is -0.497 e. The summed E-state index contributed by atoms with van der Waals surface area (Å²) in [5.74, 6) is 1.14. The number of aromatic nitrogens is 1. The molecule has 0 bridgehead atoms. The summed E-state index contributed by atoms with van der Waals surface area (Å²) in [6.07, 6.45) is 3.62. The predicted molar refractivity (Wildman–Crippen MR) is 148 cm³/mol. The summed E-state index contributed by atoms with van der Waals surface area (Å²) < 4.78 is 20.8. The van der Waals surface area contributed by atoms with Gasteiger partial charge in [0.1, 0.15) is 11.9 Å². The number of aliphatic carboxylic acids is 1. The molecule has 1 saturated heterocycles. The minimum absolute atomic E-state index is 0.0386. The number of alkyl halides is 1. The summed E-state index contributed by atoms with van der Waals surface area (Å²) in [5.41, 5.74) is 1.36. The van der Waals surface area contributed by atoms with Gasteiger partial charge in [-0.2, -0.15) is 0 Å². The third kappa shape index (κ3) is 7.82. The van der Waals surface area contributed by atoms with Gasteiger partial charge in [-0.05, 0) is 110 Å². The van der Waals surface area contributed by atoms with Gasteiger partial charge >= 0.3 is 5.97 Å². The Bertz CT molecular complexity index is 1180. The third-order valence-corrected chi connectivity index (χ3v) is 8.57. The molecule has 4 rings (SSSR count). The van der Waals surface area contributed by atoms with Crippen LogP contribution in [-0.4, -0.2) is 53.5 Å². The lowest BCUT2D eigenvalue weighted by atomic mass is 9.79. The van der Waals surface area contributed by atoms with Crippen molar-refractivity contribution in [3.05, 3.63) is 65.3 Å². The van der Waals surface area contributed by atoms with Crippen LogP contribution in [0.1, 0.15) is 43.8 Å². The molecule has 37 heavy (non-hydrogen) atoms. The van der Waals surface area contributed by atoms with Gasteiger partial charge in [0.05, 0.1) is 12.6 Å². The van der Waals surface area contributed by atoms with Crippen LogP contribution in [0.4, 0.5) is 4.39 Å². The molecule has 198 valence electrons. The zero-order valence-corrected chi connectivity index (χ0v) is 22.7. The predicted octanol–water partition coefficient (Wildman–Crippen LogP) is 7.28. The van der Waals surface area contributed by atoms with E-state index in [4.69, 9.17) is 16.3 Å². The Hall–Kier alpha value is -2.35.